The lowest BCUT2D eigenvalue weighted by Crippen LogP contribution is -2.02. The van der Waals surface area contributed by atoms with Gasteiger partial charge in [0, 0.05) is 53.6 Å². The first kappa shape index (κ1) is 38.2. The van der Waals surface area contributed by atoms with Gasteiger partial charge < -0.3 is 0 Å². The van der Waals surface area contributed by atoms with Crippen LogP contribution in [0.5, 0.6) is 0 Å². The molecular formula is C55H38N6S. The molecule has 0 atom stereocenters. The van der Waals surface area contributed by atoms with Crippen molar-refractivity contribution in [1.29, 1.82) is 0 Å². The topological polar surface area (TPSA) is 77.3 Å². The average Bonchev–Trinajstić information content (AvgIpc) is 3.73. The lowest BCUT2D eigenvalue weighted by molar-refractivity contribution is 1.04. The zero-order valence-electron chi connectivity index (χ0n) is 33.9. The van der Waals surface area contributed by atoms with Gasteiger partial charge in [-0.15, -0.1) is 11.3 Å². The summed E-state index contributed by atoms with van der Waals surface area (Å²) in [6.45, 7) is 5.93. The van der Waals surface area contributed by atoms with Gasteiger partial charge in [-0.25, -0.2) is 29.9 Å². The monoisotopic (exact) mass is 814 g/mol. The molecular weight excluding hydrogens is 777 g/mol. The van der Waals surface area contributed by atoms with E-state index >= 15 is 0 Å². The maximum Gasteiger partial charge on any atom is 0.164 e. The van der Waals surface area contributed by atoms with Crippen LogP contribution in [0.2, 0.25) is 0 Å². The minimum Gasteiger partial charge on any atom is -0.208 e. The van der Waals surface area contributed by atoms with Gasteiger partial charge in [0.15, 0.2) is 34.9 Å². The first-order valence-corrected chi connectivity index (χ1v) is 21.2. The van der Waals surface area contributed by atoms with E-state index in [0.717, 1.165) is 71.1 Å². The van der Waals surface area contributed by atoms with Gasteiger partial charge in [-0.3, -0.25) is 0 Å². The van der Waals surface area contributed by atoms with E-state index in [1.165, 1.54) is 4.70 Å². The number of nitrogens with zero attached hydrogens (tertiary/aromatic N) is 6. The normalized spacial score (nSPS) is 11.7. The molecule has 0 saturated heterocycles. The first-order chi connectivity index (χ1) is 30.6. The Kier molecular flexibility index (Phi) is 10.4. The summed E-state index contributed by atoms with van der Waals surface area (Å²) < 4.78 is 2.34. The number of benzene rings is 7. The molecule has 0 N–H and O–H groups in total. The van der Waals surface area contributed by atoms with Gasteiger partial charge >= 0.3 is 0 Å². The molecule has 294 valence electrons. The van der Waals surface area contributed by atoms with Gasteiger partial charge in [-0.2, -0.15) is 0 Å². The van der Waals surface area contributed by atoms with Crippen LogP contribution >= 0.6 is 11.3 Å². The number of hydrogen-bond acceptors (Lipinski definition) is 7. The van der Waals surface area contributed by atoms with E-state index < -0.39 is 0 Å². The van der Waals surface area contributed by atoms with Crippen LogP contribution in [0.25, 0.3) is 105 Å². The second kappa shape index (κ2) is 16.9. The third-order valence-electron chi connectivity index (χ3n) is 10.7. The molecule has 0 fully saturated rings. The Morgan fingerprint density at radius 3 is 1.53 bits per heavy atom. The third kappa shape index (κ3) is 7.65. The maximum atomic E-state index is 5.12. The molecule has 10 aromatic rings. The standard InChI is InChI=1S/C55H38N6S/c1-3-17-37(18-4-2)50-56-52(39-23-12-7-13-24-39)61-55(60-50)45-29-16-30-48-49(45)46-35-42(31-32-47(46)62-48)41-26-15-28-44(34-41)54-58-51(38-21-10-6-11-22-38)57-53(59-54)43-27-14-25-40(33-43)36-19-8-5-9-20-36/h3-35H,1H2,2H3/b18-4-,37-17+. The molecule has 3 aromatic heterocycles. The van der Waals surface area contributed by atoms with E-state index in [0.29, 0.717) is 34.9 Å². The van der Waals surface area contributed by atoms with E-state index in [4.69, 9.17) is 29.9 Å². The zero-order valence-corrected chi connectivity index (χ0v) is 34.7. The fourth-order valence-electron chi connectivity index (χ4n) is 7.70. The van der Waals surface area contributed by atoms with Gasteiger partial charge in [0.25, 0.3) is 0 Å². The minimum atomic E-state index is 0.585. The molecule has 0 radical (unpaired) electrons. The summed E-state index contributed by atoms with van der Waals surface area (Å²) >= 11 is 1.77. The molecule has 0 bridgehead atoms. The van der Waals surface area contributed by atoms with Crippen molar-refractivity contribution >= 4 is 37.1 Å². The smallest absolute Gasteiger partial charge is 0.164 e. The van der Waals surface area contributed by atoms with Crippen molar-refractivity contribution in [3.05, 3.63) is 213 Å². The van der Waals surface area contributed by atoms with Crippen molar-refractivity contribution in [1.82, 2.24) is 29.9 Å². The second-order valence-electron chi connectivity index (χ2n) is 14.7. The van der Waals surface area contributed by atoms with E-state index in [1.807, 2.05) is 91.9 Å². The van der Waals surface area contributed by atoms with E-state index in [1.54, 1.807) is 17.4 Å². The average molecular weight is 815 g/mol. The third-order valence-corrected chi connectivity index (χ3v) is 11.8. The molecule has 10 rings (SSSR count). The van der Waals surface area contributed by atoms with Gasteiger partial charge in [-0.05, 0) is 59.5 Å². The second-order valence-corrected chi connectivity index (χ2v) is 15.8. The highest BCUT2D eigenvalue weighted by Gasteiger charge is 2.19. The highest BCUT2D eigenvalue weighted by Crippen LogP contribution is 2.42. The molecule has 0 spiro atoms. The van der Waals surface area contributed by atoms with Crippen molar-refractivity contribution in [2.45, 2.75) is 6.92 Å². The predicted octanol–water partition coefficient (Wildman–Crippen LogP) is 14.2. The molecule has 7 heteroatoms. The number of hydrogen-bond donors (Lipinski definition) is 0. The predicted molar refractivity (Wildman–Crippen MR) is 257 cm³/mol. The first-order valence-electron chi connectivity index (χ1n) is 20.4. The van der Waals surface area contributed by atoms with Crippen LogP contribution in [-0.4, -0.2) is 29.9 Å². The van der Waals surface area contributed by atoms with Crippen LogP contribution < -0.4 is 0 Å². The Bertz CT molecular complexity index is 3320. The van der Waals surface area contributed by atoms with Crippen molar-refractivity contribution in [3.63, 3.8) is 0 Å². The van der Waals surface area contributed by atoms with Crippen LogP contribution in [0.1, 0.15) is 12.7 Å². The Hall–Kier alpha value is -8.00. The fraction of sp³-hybridized carbons (Fsp3) is 0.0182. The lowest BCUT2D eigenvalue weighted by Gasteiger charge is -2.11. The lowest BCUT2D eigenvalue weighted by atomic mass is 9.99. The highest BCUT2D eigenvalue weighted by atomic mass is 32.1. The van der Waals surface area contributed by atoms with Crippen LogP contribution in [0.15, 0.2) is 207 Å². The molecule has 7 aromatic carbocycles. The van der Waals surface area contributed by atoms with Crippen molar-refractivity contribution in [2.24, 2.45) is 0 Å². The van der Waals surface area contributed by atoms with Gasteiger partial charge in [-0.1, -0.05) is 176 Å². The summed E-state index contributed by atoms with van der Waals surface area (Å²) in [7, 11) is 0. The van der Waals surface area contributed by atoms with Crippen molar-refractivity contribution < 1.29 is 0 Å². The van der Waals surface area contributed by atoms with Gasteiger partial charge in [0.05, 0.1) is 0 Å². The van der Waals surface area contributed by atoms with Crippen LogP contribution in [0.3, 0.4) is 0 Å². The molecule has 0 unspecified atom stereocenters. The molecule has 3 heterocycles. The molecule has 6 nitrogen and oxygen atoms in total. The van der Waals surface area contributed by atoms with Crippen molar-refractivity contribution in [3.8, 4) is 79.2 Å². The van der Waals surface area contributed by atoms with E-state index in [-0.39, 0.29) is 0 Å². The number of thiophene rings is 1. The van der Waals surface area contributed by atoms with Gasteiger partial charge in [0.2, 0.25) is 0 Å². The Balaban J connectivity index is 1.09. The van der Waals surface area contributed by atoms with Crippen LogP contribution in [-0.2, 0) is 0 Å². The van der Waals surface area contributed by atoms with E-state index in [9.17, 15) is 0 Å². The summed E-state index contributed by atoms with van der Waals surface area (Å²) in [6, 6.07) is 60.4. The minimum absolute atomic E-state index is 0.585. The Morgan fingerprint density at radius 1 is 0.435 bits per heavy atom. The largest absolute Gasteiger partial charge is 0.208 e. The van der Waals surface area contributed by atoms with Crippen LogP contribution in [0.4, 0.5) is 0 Å². The summed E-state index contributed by atoms with van der Waals surface area (Å²) in [6.07, 6.45) is 7.67. The molecule has 0 aliphatic heterocycles. The Labute approximate surface area is 364 Å². The number of aromatic nitrogens is 6. The quantitative estimate of drug-likeness (QED) is 0.128. The maximum absolute atomic E-state index is 5.12. The highest BCUT2D eigenvalue weighted by molar-refractivity contribution is 7.26. The molecule has 0 aliphatic carbocycles. The molecule has 0 aliphatic rings. The summed E-state index contributed by atoms with van der Waals surface area (Å²) in [5.74, 6) is 3.65. The zero-order chi connectivity index (χ0) is 41.8. The Morgan fingerprint density at radius 2 is 0.919 bits per heavy atom. The number of rotatable bonds is 10. The van der Waals surface area contributed by atoms with Crippen molar-refractivity contribution in [2.75, 3.05) is 0 Å². The number of allylic oxidation sites excluding steroid dienone is 5. The molecule has 0 amide bonds. The number of fused-ring (bicyclic) bond motifs is 3. The molecule has 62 heavy (non-hydrogen) atoms. The summed E-state index contributed by atoms with van der Waals surface area (Å²) in [4.78, 5) is 30.3. The fourth-order valence-corrected chi connectivity index (χ4v) is 8.81. The molecule has 0 saturated carbocycles. The van der Waals surface area contributed by atoms with Crippen LogP contribution in [0, 0.1) is 0 Å². The SMILES string of the molecule is C=C/C=C(\C=C/C)c1nc(-c2ccccc2)nc(-c2cccc3sc4ccc(-c5cccc(-c6nc(-c7ccccc7)nc(-c7cccc(-c8ccccc8)c7)n6)c5)cc4c23)n1. The summed E-state index contributed by atoms with van der Waals surface area (Å²) in [5, 5.41) is 2.24. The van der Waals surface area contributed by atoms with Gasteiger partial charge in [0.1, 0.15) is 0 Å². The summed E-state index contributed by atoms with van der Waals surface area (Å²) in [5.41, 5.74) is 9.83. The van der Waals surface area contributed by atoms with E-state index in [2.05, 4.69) is 116 Å².